The van der Waals surface area contributed by atoms with Crippen LogP contribution in [-0.2, 0) is 57.1 Å². The zero-order valence-corrected chi connectivity index (χ0v) is 42.6. The van der Waals surface area contributed by atoms with E-state index in [2.05, 4.69) is 27.1 Å². The van der Waals surface area contributed by atoms with Crippen LogP contribution in [0.15, 0.2) is 30.6 Å². The summed E-state index contributed by atoms with van der Waals surface area (Å²) < 4.78 is 51.4. The Kier molecular flexibility index (Phi) is 15.9. The van der Waals surface area contributed by atoms with Crippen LogP contribution >= 0.6 is 11.3 Å². The Bertz CT molecular complexity index is 2260. The second-order valence-electron chi connectivity index (χ2n) is 20.5. The predicted octanol–water partition coefficient (Wildman–Crippen LogP) is 3.47. The monoisotopic (exact) mass is 982 g/mol. The number of ether oxygens (including phenoxy) is 8. The Morgan fingerprint density at radius 2 is 1.67 bits per heavy atom. The fourth-order valence-corrected chi connectivity index (χ4v) is 12.2. The predicted molar refractivity (Wildman–Crippen MR) is 250 cm³/mol. The molecule has 0 aliphatic carbocycles. The molecule has 0 spiro atoms. The molecule has 0 bridgehead atoms. The number of methoxy groups -OCH3 is 1. The highest BCUT2D eigenvalue weighted by atomic mass is 32.1. The van der Waals surface area contributed by atoms with E-state index in [4.69, 9.17) is 37.9 Å². The molecule has 7 heterocycles. The van der Waals surface area contributed by atoms with Crippen LogP contribution in [0.4, 0.5) is 0 Å². The summed E-state index contributed by atoms with van der Waals surface area (Å²) in [6.07, 6.45) is -6.76. The van der Waals surface area contributed by atoms with Crippen LogP contribution in [0.5, 0.6) is 0 Å². The number of likely N-dealkylation sites (N-methyl/N-ethyl adjacent to an activating group) is 1. The first-order valence-corrected chi connectivity index (χ1v) is 24.8. The van der Waals surface area contributed by atoms with Gasteiger partial charge in [0.1, 0.15) is 54.9 Å². The van der Waals surface area contributed by atoms with Gasteiger partial charge in [0.15, 0.2) is 29.8 Å². The molecule has 7 rings (SSSR count). The average molecular weight is 983 g/mol. The maximum Gasteiger partial charge on any atom is 0.324 e. The van der Waals surface area contributed by atoms with Gasteiger partial charge < -0.3 is 58.3 Å². The minimum absolute atomic E-state index is 0.0586. The molecule has 18 atom stereocenters. The van der Waals surface area contributed by atoms with Gasteiger partial charge in [-0.15, -0.1) is 11.3 Å². The van der Waals surface area contributed by atoms with Crippen molar-refractivity contribution >= 4 is 34.8 Å². The van der Waals surface area contributed by atoms with E-state index in [0.717, 1.165) is 4.88 Å². The summed E-state index contributed by atoms with van der Waals surface area (Å²) in [5.41, 5.74) is -5.59. The highest BCUT2D eigenvalue weighted by Crippen LogP contribution is 2.53. The molecule has 5 saturated heterocycles. The number of hydrogen-bond donors (Lipinski definition) is 3. The second-order valence-corrected chi connectivity index (χ2v) is 21.6. The number of cyclic esters (lactones) is 1. The van der Waals surface area contributed by atoms with E-state index in [0.29, 0.717) is 17.1 Å². The average Bonchev–Trinajstić information content (AvgIpc) is 4.02. The van der Waals surface area contributed by atoms with Gasteiger partial charge in [0.05, 0.1) is 33.2 Å². The van der Waals surface area contributed by atoms with Crippen LogP contribution < -0.4 is 5.32 Å². The standard InChI is InChI=1S/C50H70N4O14S/c1-13-33-50(9)39-35(45(60)68-50)53-25-47(39,6)40(57)26(2)23-49(8,62-21-14-16-30-17-18-32(69-30)43-51-19-15-20-52-43)42(67-46-37(56)31(54(10)11)22-27(3)63-46)38(36(55)28(4)44(59)65-33)66-34-24-48(7,61-12)41(58)29(5)64-34/h15,17-20,26-29,31,33-35,37-39,41-42,46,53,56,58H,13,21-25H2,1-12H3/t26-,27-,28-,29+,31+,33-,34?,35?,37-,38+,39?,41+,42-,46+,47?,48-,49+,50-/m1/s1. The van der Waals surface area contributed by atoms with E-state index in [1.165, 1.54) is 25.4 Å². The zero-order valence-electron chi connectivity index (χ0n) is 41.8. The van der Waals surface area contributed by atoms with E-state index in [-0.39, 0.29) is 38.2 Å². The third-order valence-corrected chi connectivity index (χ3v) is 16.2. The Labute approximate surface area is 408 Å². The normalized spacial score (nSPS) is 42.0. The number of rotatable bonds is 10. The summed E-state index contributed by atoms with van der Waals surface area (Å²) in [5.74, 6) is 1.14. The Morgan fingerprint density at radius 3 is 2.33 bits per heavy atom. The summed E-state index contributed by atoms with van der Waals surface area (Å²) in [6, 6.07) is 4.15. The van der Waals surface area contributed by atoms with Crippen LogP contribution in [0.1, 0.15) is 92.9 Å². The number of thiophene rings is 1. The number of hydrogen-bond acceptors (Lipinski definition) is 19. The number of carbonyl (C=O) groups excluding carboxylic acids is 4. The molecule has 0 saturated carbocycles. The number of aliphatic hydroxyl groups excluding tert-OH is 2. The lowest BCUT2D eigenvalue weighted by Crippen LogP contribution is -2.63. The van der Waals surface area contributed by atoms with E-state index in [1.54, 1.807) is 66.9 Å². The molecule has 69 heavy (non-hydrogen) atoms. The van der Waals surface area contributed by atoms with Crippen molar-refractivity contribution in [1.29, 1.82) is 0 Å². The fraction of sp³-hybridized carbons (Fsp3) is 0.720. The molecule has 0 amide bonds. The maximum absolute atomic E-state index is 15.5. The lowest BCUT2D eigenvalue weighted by Gasteiger charge is -2.49. The highest BCUT2D eigenvalue weighted by molar-refractivity contribution is 7.15. The van der Waals surface area contributed by atoms with Gasteiger partial charge in [-0.05, 0) is 93.1 Å². The molecular formula is C50H70N4O14S. The number of nitrogens with one attached hydrogen (secondary N) is 1. The minimum atomic E-state index is -1.75. The Morgan fingerprint density at radius 1 is 0.957 bits per heavy atom. The molecule has 5 fully saturated rings. The van der Waals surface area contributed by atoms with Crippen LogP contribution in [0.3, 0.4) is 0 Å². The number of aliphatic hydroxyl groups is 2. The smallest absolute Gasteiger partial charge is 0.324 e. The number of ketones is 2. The second kappa shape index (κ2) is 20.7. The lowest BCUT2D eigenvalue weighted by molar-refractivity contribution is -0.328. The van der Waals surface area contributed by atoms with Crippen molar-refractivity contribution in [2.45, 2.75) is 172 Å². The lowest BCUT2D eigenvalue weighted by atomic mass is 9.62. The number of esters is 2. The van der Waals surface area contributed by atoms with Gasteiger partial charge in [-0.25, -0.2) is 9.97 Å². The molecule has 0 aromatic carbocycles. The number of Topliss-reactive ketones (excluding diaryl/α,β-unsaturated/α-hetero) is 2. The first-order valence-electron chi connectivity index (χ1n) is 23.9. The summed E-state index contributed by atoms with van der Waals surface area (Å²) >= 11 is 1.39. The summed E-state index contributed by atoms with van der Waals surface area (Å²) in [7, 11) is 5.12. The number of carbonyl (C=O) groups is 4. The van der Waals surface area contributed by atoms with Crippen LogP contribution in [0.25, 0.3) is 10.7 Å². The van der Waals surface area contributed by atoms with Crippen LogP contribution in [-0.4, -0.2) is 167 Å². The topological polar surface area (TPSA) is 224 Å². The zero-order chi connectivity index (χ0) is 50.4. The van der Waals surface area contributed by atoms with E-state index in [1.807, 2.05) is 38.1 Å². The molecule has 5 aliphatic heterocycles. The summed E-state index contributed by atoms with van der Waals surface area (Å²) in [5, 5.41) is 26.5. The van der Waals surface area contributed by atoms with Crippen molar-refractivity contribution in [3.05, 3.63) is 35.5 Å². The molecular weight excluding hydrogens is 913 g/mol. The van der Waals surface area contributed by atoms with Crippen LogP contribution in [0, 0.1) is 35.0 Å². The van der Waals surface area contributed by atoms with Gasteiger partial charge in [-0.2, -0.15) is 0 Å². The fourth-order valence-electron chi connectivity index (χ4n) is 11.3. The van der Waals surface area contributed by atoms with Gasteiger partial charge >= 0.3 is 11.9 Å². The number of aromatic nitrogens is 2. The van der Waals surface area contributed by atoms with Gasteiger partial charge in [0.25, 0.3) is 0 Å². The van der Waals surface area contributed by atoms with E-state index in [9.17, 15) is 19.8 Å². The van der Waals surface area contributed by atoms with Crippen LogP contribution in [0.2, 0.25) is 0 Å². The molecule has 5 aliphatic rings. The molecule has 380 valence electrons. The minimum Gasteiger partial charge on any atom is -0.458 e. The van der Waals surface area contributed by atoms with Crippen molar-refractivity contribution in [2.75, 3.05) is 34.4 Å². The van der Waals surface area contributed by atoms with Crippen molar-refractivity contribution in [3.63, 3.8) is 0 Å². The molecule has 18 nitrogen and oxygen atoms in total. The third kappa shape index (κ3) is 10.3. The van der Waals surface area contributed by atoms with Crippen molar-refractivity contribution < 1.29 is 67.3 Å². The van der Waals surface area contributed by atoms with Crippen molar-refractivity contribution in [3.8, 4) is 22.5 Å². The maximum atomic E-state index is 15.5. The molecule has 4 unspecified atom stereocenters. The SMILES string of the molecule is CC[C@H]1OC(=O)[C@H](C)C(=O)[C@H](OC2C[C@@](C)(OC)[C@@H](O)[C@H](C)O2)[C@@H](O[C@@H]2O[C@H](C)C[C@H](N(C)C)[C@H]2O)[C@@](C)(OCC#Cc2ccc(-c3ncccn3)s2)C[C@@H](C)C(=O)C2(C)CNC3C(=O)O[C@@]1(C)C32. The Balaban J connectivity index is 1.38. The van der Waals surface area contributed by atoms with Gasteiger partial charge in [-0.1, -0.05) is 32.6 Å². The third-order valence-electron chi connectivity index (χ3n) is 15.2. The quantitative estimate of drug-likeness (QED) is 0.176. The van der Waals surface area contributed by atoms with Crippen molar-refractivity contribution in [1.82, 2.24) is 20.2 Å². The Hall–Kier alpha value is -3.78. The van der Waals surface area contributed by atoms with E-state index >= 15 is 9.59 Å². The summed E-state index contributed by atoms with van der Waals surface area (Å²) in [6.45, 7) is 15.2. The number of nitrogens with zero attached hydrogens (tertiary/aromatic N) is 3. The first-order chi connectivity index (χ1) is 32.5. The molecule has 2 aromatic rings. The van der Waals surface area contributed by atoms with Crippen molar-refractivity contribution in [2.24, 2.45) is 23.2 Å². The molecule has 3 N–H and O–H groups in total. The molecule has 0 radical (unpaired) electrons. The summed E-state index contributed by atoms with van der Waals surface area (Å²) in [4.78, 5) is 71.2. The van der Waals surface area contributed by atoms with Gasteiger partial charge in [-0.3, -0.25) is 19.2 Å². The molecule has 2 aromatic heterocycles. The molecule has 19 heteroatoms. The first kappa shape index (κ1) is 53.0. The largest absolute Gasteiger partial charge is 0.458 e. The highest BCUT2D eigenvalue weighted by Gasteiger charge is 2.69. The van der Waals surface area contributed by atoms with Gasteiger partial charge in [0.2, 0.25) is 0 Å². The van der Waals surface area contributed by atoms with E-state index < -0.39 is 125 Å². The van der Waals surface area contributed by atoms with Gasteiger partial charge in [0, 0.05) is 55.8 Å².